The van der Waals surface area contributed by atoms with E-state index in [1.807, 2.05) is 40.0 Å². The third kappa shape index (κ3) is 6.54. The summed E-state index contributed by atoms with van der Waals surface area (Å²) in [6, 6.07) is 18.7. The van der Waals surface area contributed by atoms with Crippen LogP contribution in [0.5, 0.6) is 0 Å². The molecule has 0 aliphatic carbocycles. The molecule has 0 spiro atoms. The zero-order valence-electron chi connectivity index (χ0n) is 20.0. The summed E-state index contributed by atoms with van der Waals surface area (Å²) in [4.78, 5) is 4.36. The van der Waals surface area contributed by atoms with E-state index < -0.39 is 11.6 Å². The highest BCUT2D eigenvalue weighted by Crippen LogP contribution is 2.28. The van der Waals surface area contributed by atoms with E-state index >= 15 is 0 Å². The molecule has 0 aromatic heterocycles. The molecule has 176 valence electrons. The molecule has 3 aromatic rings. The van der Waals surface area contributed by atoms with E-state index in [0.717, 1.165) is 29.6 Å². The Kier molecular flexibility index (Phi) is 9.85. The lowest BCUT2D eigenvalue weighted by molar-refractivity contribution is 0.582. The highest BCUT2D eigenvalue weighted by molar-refractivity contribution is 6.05. The molecule has 4 nitrogen and oxygen atoms in total. The Bertz CT molecular complexity index is 1080. The number of aliphatic imine (C=N–C) groups is 1. The van der Waals surface area contributed by atoms with Gasteiger partial charge in [-0.2, -0.15) is 0 Å². The molecule has 0 fully saturated rings. The fourth-order valence-corrected chi connectivity index (χ4v) is 3.59. The molecule has 1 heterocycles. The van der Waals surface area contributed by atoms with Crippen molar-refractivity contribution in [2.75, 3.05) is 18.1 Å². The van der Waals surface area contributed by atoms with Crippen LogP contribution in [-0.4, -0.2) is 12.9 Å². The smallest absolute Gasteiger partial charge is 0.149 e. The third-order valence-corrected chi connectivity index (χ3v) is 5.19. The number of amidine groups is 1. The first-order chi connectivity index (χ1) is 15.9. The van der Waals surface area contributed by atoms with Crippen molar-refractivity contribution in [1.82, 2.24) is 5.32 Å². The second kappa shape index (κ2) is 12.6. The molecular formula is C27H34F2N4. The van der Waals surface area contributed by atoms with Crippen LogP contribution in [0.4, 0.5) is 20.2 Å². The summed E-state index contributed by atoms with van der Waals surface area (Å²) in [5.41, 5.74) is 10.8. The molecule has 33 heavy (non-hydrogen) atoms. The standard InChI is InChI=1S/C16H17N3.C9H11F2N.C2H6/c1-11-7-3-4-8-12(11)16-18-14-10-6-5-9-13(14)15(17-2)19-16;1-2-3-6-4-7(10)5-8(11)9(6)12;1-2/h3-10,16,18H,1-2H3,(H,17,19);4-5H,2-3,12H2,1H3;1-2H3. The molecule has 1 aliphatic heterocycles. The molecule has 4 rings (SSSR count). The lowest BCUT2D eigenvalue weighted by Gasteiger charge is -2.31. The van der Waals surface area contributed by atoms with E-state index in [0.29, 0.717) is 12.0 Å². The number of nitrogens with zero attached hydrogens (tertiary/aromatic N) is 1. The SMILES string of the molecule is CC.CCCc1cc(F)cc(F)c1N.CN=C1NC(c2ccccc2C)Nc2ccccc21. The van der Waals surface area contributed by atoms with Crippen LogP contribution in [0.2, 0.25) is 0 Å². The Morgan fingerprint density at radius 2 is 1.64 bits per heavy atom. The van der Waals surface area contributed by atoms with Gasteiger partial charge in [0.2, 0.25) is 0 Å². The molecule has 6 heteroatoms. The van der Waals surface area contributed by atoms with E-state index in [4.69, 9.17) is 5.73 Å². The van der Waals surface area contributed by atoms with Gasteiger partial charge in [-0.3, -0.25) is 4.99 Å². The normalized spacial score (nSPS) is 15.1. The first-order valence-electron chi connectivity index (χ1n) is 11.3. The molecule has 0 saturated carbocycles. The fraction of sp³-hybridized carbons (Fsp3) is 0.296. The van der Waals surface area contributed by atoms with Crippen molar-refractivity contribution in [2.45, 2.75) is 46.7 Å². The quantitative estimate of drug-likeness (QED) is 0.392. The lowest BCUT2D eigenvalue weighted by atomic mass is 10.0. The minimum atomic E-state index is -0.668. The van der Waals surface area contributed by atoms with Gasteiger partial charge in [-0.25, -0.2) is 8.78 Å². The number of benzene rings is 3. The van der Waals surface area contributed by atoms with E-state index in [1.54, 1.807) is 0 Å². The minimum absolute atomic E-state index is 0.0646. The number of hydrogen-bond donors (Lipinski definition) is 3. The van der Waals surface area contributed by atoms with Gasteiger partial charge in [0, 0.05) is 24.4 Å². The molecule has 1 atom stereocenters. The monoisotopic (exact) mass is 452 g/mol. The number of aryl methyl sites for hydroxylation is 2. The summed E-state index contributed by atoms with van der Waals surface area (Å²) in [6.45, 7) is 8.06. The first kappa shape index (κ1) is 25.8. The zero-order valence-corrected chi connectivity index (χ0v) is 20.0. The Balaban J connectivity index is 0.000000238. The third-order valence-electron chi connectivity index (χ3n) is 5.19. The summed E-state index contributed by atoms with van der Waals surface area (Å²) in [5.74, 6) is -0.300. The van der Waals surface area contributed by atoms with Crippen molar-refractivity contribution in [1.29, 1.82) is 0 Å². The van der Waals surface area contributed by atoms with Gasteiger partial charge in [-0.1, -0.05) is 63.6 Å². The summed E-state index contributed by atoms with van der Waals surface area (Å²) in [6.07, 6.45) is 1.50. The first-order valence-corrected chi connectivity index (χ1v) is 11.3. The van der Waals surface area contributed by atoms with Crippen LogP contribution >= 0.6 is 0 Å². The highest BCUT2D eigenvalue weighted by Gasteiger charge is 2.23. The van der Waals surface area contributed by atoms with Gasteiger partial charge in [-0.15, -0.1) is 0 Å². The fourth-order valence-electron chi connectivity index (χ4n) is 3.59. The number of para-hydroxylation sites is 1. The van der Waals surface area contributed by atoms with Crippen LogP contribution < -0.4 is 16.4 Å². The Hall–Kier alpha value is -3.41. The summed E-state index contributed by atoms with van der Waals surface area (Å²) >= 11 is 0. The lowest BCUT2D eigenvalue weighted by Crippen LogP contribution is -2.39. The van der Waals surface area contributed by atoms with Crippen LogP contribution in [0.3, 0.4) is 0 Å². The number of nitrogens with two attached hydrogens (primary N) is 1. The molecule has 0 amide bonds. The Morgan fingerprint density at radius 1 is 0.970 bits per heavy atom. The maximum atomic E-state index is 12.8. The predicted molar refractivity (Wildman–Crippen MR) is 136 cm³/mol. The van der Waals surface area contributed by atoms with Gasteiger partial charge < -0.3 is 16.4 Å². The minimum Gasteiger partial charge on any atom is -0.396 e. The molecule has 0 bridgehead atoms. The van der Waals surface area contributed by atoms with Crippen molar-refractivity contribution in [3.8, 4) is 0 Å². The Labute approximate surface area is 196 Å². The van der Waals surface area contributed by atoms with E-state index in [1.165, 1.54) is 17.2 Å². The van der Waals surface area contributed by atoms with Crippen LogP contribution in [0, 0.1) is 18.6 Å². The van der Waals surface area contributed by atoms with Crippen molar-refractivity contribution in [3.05, 3.63) is 94.6 Å². The van der Waals surface area contributed by atoms with Crippen molar-refractivity contribution >= 4 is 17.2 Å². The van der Waals surface area contributed by atoms with Crippen LogP contribution in [0.15, 0.2) is 65.7 Å². The molecule has 4 N–H and O–H groups in total. The van der Waals surface area contributed by atoms with Crippen LogP contribution in [0.1, 0.15) is 55.6 Å². The predicted octanol–water partition coefficient (Wildman–Crippen LogP) is 6.61. The number of hydrogen-bond acceptors (Lipinski definition) is 3. The maximum absolute atomic E-state index is 12.8. The van der Waals surface area contributed by atoms with Crippen molar-refractivity contribution in [3.63, 3.8) is 0 Å². The molecular weight excluding hydrogens is 418 g/mol. The average molecular weight is 453 g/mol. The van der Waals surface area contributed by atoms with Gasteiger partial charge in [0.15, 0.2) is 0 Å². The van der Waals surface area contributed by atoms with Crippen molar-refractivity contribution < 1.29 is 8.78 Å². The summed E-state index contributed by atoms with van der Waals surface area (Å²) in [7, 11) is 1.82. The number of rotatable bonds is 3. The van der Waals surface area contributed by atoms with Gasteiger partial charge in [-0.05, 0) is 48.2 Å². The number of anilines is 2. The summed E-state index contributed by atoms with van der Waals surface area (Å²) < 4.78 is 25.4. The van der Waals surface area contributed by atoms with Gasteiger partial charge in [0.1, 0.15) is 23.6 Å². The largest absolute Gasteiger partial charge is 0.396 e. The zero-order chi connectivity index (χ0) is 24.4. The molecule has 0 radical (unpaired) electrons. The second-order valence-electron chi connectivity index (χ2n) is 7.41. The average Bonchev–Trinajstić information content (AvgIpc) is 2.83. The van der Waals surface area contributed by atoms with E-state index in [9.17, 15) is 8.78 Å². The number of nitrogens with one attached hydrogen (secondary N) is 2. The number of fused-ring (bicyclic) bond motifs is 1. The van der Waals surface area contributed by atoms with E-state index in [-0.39, 0.29) is 11.9 Å². The molecule has 0 saturated heterocycles. The van der Waals surface area contributed by atoms with Crippen LogP contribution in [-0.2, 0) is 6.42 Å². The van der Waals surface area contributed by atoms with E-state index in [2.05, 4.69) is 58.9 Å². The molecule has 1 unspecified atom stereocenters. The van der Waals surface area contributed by atoms with Gasteiger partial charge in [0.05, 0.1) is 5.69 Å². The second-order valence-corrected chi connectivity index (χ2v) is 7.41. The molecule has 1 aliphatic rings. The molecule has 3 aromatic carbocycles. The van der Waals surface area contributed by atoms with Gasteiger partial charge in [0.25, 0.3) is 0 Å². The maximum Gasteiger partial charge on any atom is 0.149 e. The van der Waals surface area contributed by atoms with Gasteiger partial charge >= 0.3 is 0 Å². The summed E-state index contributed by atoms with van der Waals surface area (Å²) in [5, 5.41) is 6.98. The highest BCUT2D eigenvalue weighted by atomic mass is 19.1. The van der Waals surface area contributed by atoms with Crippen molar-refractivity contribution in [2.24, 2.45) is 4.99 Å². The number of halogens is 2. The topological polar surface area (TPSA) is 62.4 Å². The van der Waals surface area contributed by atoms with Crippen LogP contribution in [0.25, 0.3) is 0 Å². The number of nitrogen functional groups attached to an aromatic ring is 1. The Morgan fingerprint density at radius 3 is 2.30 bits per heavy atom.